The van der Waals surface area contributed by atoms with Crippen molar-refractivity contribution < 1.29 is 9.63 Å². The second-order valence-electron chi connectivity index (χ2n) is 6.38. The highest BCUT2D eigenvalue weighted by molar-refractivity contribution is 5.98. The van der Waals surface area contributed by atoms with Crippen LogP contribution in [0, 0.1) is 0 Å². The SMILES string of the molecule is CC(O/N=C(/N)Cc1ccccc1)C(=O)N1c2ccccc2CC1C. The number of fused-ring (bicyclic) bond motifs is 1. The molecule has 5 nitrogen and oxygen atoms in total. The lowest BCUT2D eigenvalue weighted by molar-refractivity contribution is -0.129. The van der Waals surface area contributed by atoms with Crippen LogP contribution >= 0.6 is 0 Å². The lowest BCUT2D eigenvalue weighted by Gasteiger charge is -2.25. The van der Waals surface area contributed by atoms with E-state index < -0.39 is 6.10 Å². The van der Waals surface area contributed by atoms with Gasteiger partial charge in [0.05, 0.1) is 0 Å². The van der Waals surface area contributed by atoms with E-state index in [9.17, 15) is 4.79 Å². The first-order valence-electron chi connectivity index (χ1n) is 8.49. The number of carbonyl (C=O) groups is 1. The van der Waals surface area contributed by atoms with Gasteiger partial charge in [-0.25, -0.2) is 0 Å². The molecule has 0 aromatic heterocycles. The van der Waals surface area contributed by atoms with E-state index in [4.69, 9.17) is 10.6 Å². The number of para-hydroxylation sites is 1. The van der Waals surface area contributed by atoms with Gasteiger partial charge in [0.1, 0.15) is 5.84 Å². The Kier molecular flexibility index (Phi) is 5.03. The second kappa shape index (κ2) is 7.38. The van der Waals surface area contributed by atoms with E-state index in [1.165, 1.54) is 5.56 Å². The minimum Gasteiger partial charge on any atom is -0.384 e. The molecule has 5 heteroatoms. The maximum atomic E-state index is 12.8. The Labute approximate surface area is 148 Å². The molecule has 0 radical (unpaired) electrons. The fourth-order valence-electron chi connectivity index (χ4n) is 3.13. The number of oxime groups is 1. The zero-order valence-electron chi connectivity index (χ0n) is 14.6. The first-order chi connectivity index (χ1) is 12.1. The summed E-state index contributed by atoms with van der Waals surface area (Å²) in [5.74, 6) is 0.245. The van der Waals surface area contributed by atoms with Gasteiger partial charge in [0, 0.05) is 18.2 Å². The fraction of sp³-hybridized carbons (Fsp3) is 0.300. The van der Waals surface area contributed by atoms with Gasteiger partial charge in [-0.05, 0) is 37.5 Å². The molecule has 0 fully saturated rings. The number of nitrogens with two attached hydrogens (primary N) is 1. The standard InChI is InChI=1S/C20H23N3O2/c1-14-12-17-10-6-7-11-18(17)23(14)20(24)15(2)25-22-19(21)13-16-8-4-3-5-9-16/h3-11,14-15H,12-13H2,1-2H3,(H2,21,22). The Hall–Kier alpha value is -2.82. The molecule has 2 aromatic carbocycles. The van der Waals surface area contributed by atoms with E-state index in [-0.39, 0.29) is 11.9 Å². The summed E-state index contributed by atoms with van der Waals surface area (Å²) in [6.45, 7) is 3.74. The lowest BCUT2D eigenvalue weighted by Crippen LogP contribution is -2.42. The Bertz CT molecular complexity index is 774. The summed E-state index contributed by atoms with van der Waals surface area (Å²) in [5, 5.41) is 3.94. The van der Waals surface area contributed by atoms with Crippen molar-refractivity contribution in [2.45, 2.75) is 38.8 Å². The van der Waals surface area contributed by atoms with Crippen molar-refractivity contribution in [3.63, 3.8) is 0 Å². The maximum absolute atomic E-state index is 12.8. The van der Waals surface area contributed by atoms with Crippen molar-refractivity contribution in [1.82, 2.24) is 0 Å². The van der Waals surface area contributed by atoms with Gasteiger partial charge in [0.25, 0.3) is 5.91 Å². The van der Waals surface area contributed by atoms with Crippen LogP contribution in [0.15, 0.2) is 59.8 Å². The topological polar surface area (TPSA) is 67.9 Å². The number of hydrogen-bond acceptors (Lipinski definition) is 3. The van der Waals surface area contributed by atoms with Gasteiger partial charge in [-0.1, -0.05) is 53.7 Å². The molecule has 1 heterocycles. The van der Waals surface area contributed by atoms with Gasteiger partial charge in [-0.15, -0.1) is 0 Å². The number of carbonyl (C=O) groups excluding carboxylic acids is 1. The van der Waals surface area contributed by atoms with E-state index >= 15 is 0 Å². The molecule has 130 valence electrons. The van der Waals surface area contributed by atoms with Gasteiger partial charge in [0.15, 0.2) is 0 Å². The molecule has 1 aliphatic heterocycles. The first kappa shape index (κ1) is 17.0. The van der Waals surface area contributed by atoms with Crippen molar-refractivity contribution in [2.24, 2.45) is 10.9 Å². The Morgan fingerprint density at radius 3 is 2.68 bits per heavy atom. The van der Waals surface area contributed by atoms with Gasteiger partial charge >= 0.3 is 0 Å². The summed E-state index contributed by atoms with van der Waals surface area (Å²) in [7, 11) is 0. The zero-order valence-corrected chi connectivity index (χ0v) is 14.6. The van der Waals surface area contributed by atoms with E-state index in [0.717, 1.165) is 17.7 Å². The van der Waals surface area contributed by atoms with Crippen LogP contribution in [0.5, 0.6) is 0 Å². The minimum absolute atomic E-state index is 0.103. The molecule has 2 N–H and O–H groups in total. The number of amides is 1. The molecule has 0 spiro atoms. The summed E-state index contributed by atoms with van der Waals surface area (Å²) in [6.07, 6.45) is 0.654. The smallest absolute Gasteiger partial charge is 0.270 e. The molecule has 0 saturated carbocycles. The summed E-state index contributed by atoms with van der Waals surface area (Å²) in [5.41, 5.74) is 9.10. The summed E-state index contributed by atoms with van der Waals surface area (Å²) < 4.78 is 0. The summed E-state index contributed by atoms with van der Waals surface area (Å²) >= 11 is 0. The van der Waals surface area contributed by atoms with Crippen LogP contribution in [-0.2, 0) is 22.5 Å². The second-order valence-corrected chi connectivity index (χ2v) is 6.38. The van der Waals surface area contributed by atoms with E-state index in [1.54, 1.807) is 11.8 Å². The third-order valence-electron chi connectivity index (χ3n) is 4.35. The zero-order chi connectivity index (χ0) is 17.8. The number of rotatable bonds is 5. The molecule has 0 saturated heterocycles. The van der Waals surface area contributed by atoms with Crippen molar-refractivity contribution >= 4 is 17.4 Å². The van der Waals surface area contributed by atoms with Crippen LogP contribution < -0.4 is 10.6 Å². The number of amidine groups is 1. The van der Waals surface area contributed by atoms with E-state index in [1.807, 2.05) is 55.5 Å². The Balaban J connectivity index is 1.64. The maximum Gasteiger partial charge on any atom is 0.270 e. The average Bonchev–Trinajstić information content (AvgIpc) is 2.95. The molecular weight excluding hydrogens is 314 g/mol. The number of hydrogen-bond donors (Lipinski definition) is 1. The van der Waals surface area contributed by atoms with Crippen LogP contribution in [0.2, 0.25) is 0 Å². The van der Waals surface area contributed by atoms with Crippen LogP contribution in [0.4, 0.5) is 5.69 Å². The molecular formula is C20H23N3O2. The van der Waals surface area contributed by atoms with E-state index in [0.29, 0.717) is 12.3 Å². The van der Waals surface area contributed by atoms with Crippen LogP contribution in [-0.4, -0.2) is 23.9 Å². The van der Waals surface area contributed by atoms with Crippen LogP contribution in [0.3, 0.4) is 0 Å². The Morgan fingerprint density at radius 2 is 1.92 bits per heavy atom. The van der Waals surface area contributed by atoms with Gasteiger partial charge in [-0.3, -0.25) is 4.79 Å². The molecule has 1 aliphatic rings. The van der Waals surface area contributed by atoms with Crippen molar-refractivity contribution in [3.05, 3.63) is 65.7 Å². The molecule has 2 unspecified atom stereocenters. The summed E-state index contributed by atoms with van der Waals surface area (Å²) in [4.78, 5) is 20.0. The lowest BCUT2D eigenvalue weighted by atomic mass is 10.1. The number of benzene rings is 2. The average molecular weight is 337 g/mol. The van der Waals surface area contributed by atoms with Crippen LogP contribution in [0.1, 0.15) is 25.0 Å². The summed E-state index contributed by atoms with van der Waals surface area (Å²) in [6, 6.07) is 17.9. The van der Waals surface area contributed by atoms with Gasteiger partial charge in [-0.2, -0.15) is 0 Å². The van der Waals surface area contributed by atoms with Gasteiger partial charge in [0.2, 0.25) is 6.10 Å². The van der Waals surface area contributed by atoms with Gasteiger partial charge < -0.3 is 15.5 Å². The van der Waals surface area contributed by atoms with Crippen molar-refractivity contribution in [2.75, 3.05) is 4.90 Å². The Morgan fingerprint density at radius 1 is 1.24 bits per heavy atom. The predicted octanol–water partition coefficient (Wildman–Crippen LogP) is 2.88. The molecule has 25 heavy (non-hydrogen) atoms. The predicted molar refractivity (Wildman–Crippen MR) is 99.4 cm³/mol. The fourth-order valence-corrected chi connectivity index (χ4v) is 3.13. The largest absolute Gasteiger partial charge is 0.384 e. The first-order valence-corrected chi connectivity index (χ1v) is 8.49. The number of anilines is 1. The molecule has 0 bridgehead atoms. The van der Waals surface area contributed by atoms with Crippen molar-refractivity contribution in [3.8, 4) is 0 Å². The third-order valence-corrected chi connectivity index (χ3v) is 4.35. The van der Waals surface area contributed by atoms with E-state index in [2.05, 4.69) is 11.2 Å². The highest BCUT2D eigenvalue weighted by Gasteiger charge is 2.33. The van der Waals surface area contributed by atoms with Crippen LogP contribution in [0.25, 0.3) is 0 Å². The normalized spacial score (nSPS) is 17.9. The molecule has 0 aliphatic carbocycles. The highest BCUT2D eigenvalue weighted by Crippen LogP contribution is 2.32. The molecule has 2 aromatic rings. The minimum atomic E-state index is -0.692. The number of nitrogens with zero attached hydrogens (tertiary/aromatic N) is 2. The van der Waals surface area contributed by atoms with Crippen molar-refractivity contribution in [1.29, 1.82) is 0 Å². The highest BCUT2D eigenvalue weighted by atomic mass is 16.6. The quantitative estimate of drug-likeness (QED) is 0.518. The monoisotopic (exact) mass is 337 g/mol. The molecule has 3 rings (SSSR count). The molecule has 1 amide bonds. The molecule has 2 atom stereocenters. The third kappa shape index (κ3) is 3.82.